The first-order chi connectivity index (χ1) is 10.5. The average Bonchev–Trinajstić information content (AvgIpc) is 3.18. The van der Waals surface area contributed by atoms with Crippen LogP contribution in [-0.4, -0.2) is 35.6 Å². The molecule has 0 bridgehead atoms. The van der Waals surface area contributed by atoms with E-state index >= 15 is 0 Å². The molecule has 3 heterocycles. The van der Waals surface area contributed by atoms with E-state index in [1.807, 2.05) is 24.4 Å². The van der Waals surface area contributed by atoms with E-state index in [1.54, 1.807) is 16.9 Å². The fraction of sp³-hybridized carbons (Fsp3) is 0.429. The Labute approximate surface area is 133 Å². The highest BCUT2D eigenvalue weighted by Gasteiger charge is 2.31. The summed E-state index contributed by atoms with van der Waals surface area (Å²) in [5.41, 5.74) is 0. The van der Waals surface area contributed by atoms with Gasteiger partial charge in [-0.15, -0.1) is 11.3 Å². The van der Waals surface area contributed by atoms with Crippen LogP contribution in [0.1, 0.15) is 30.2 Å². The van der Waals surface area contributed by atoms with Gasteiger partial charge >= 0.3 is 0 Å². The molecule has 2 atom stereocenters. The van der Waals surface area contributed by atoms with Crippen LogP contribution in [0.4, 0.5) is 5.82 Å². The topological polar surface area (TPSA) is 81.1 Å². The summed E-state index contributed by atoms with van der Waals surface area (Å²) in [6, 6.07) is 5.34. The Hall–Kier alpha value is -1.67. The number of carbonyl (C=O) groups excluding carboxylic acids is 1. The fourth-order valence-corrected chi connectivity index (χ4v) is 5.05. The van der Waals surface area contributed by atoms with Gasteiger partial charge in [-0.2, -0.15) is 5.10 Å². The molecular formula is C14H17N3O3S2. The second-order valence-corrected chi connectivity index (χ2v) is 8.65. The molecule has 6 nitrogen and oxygen atoms in total. The quantitative estimate of drug-likeness (QED) is 0.924. The van der Waals surface area contributed by atoms with Crippen LogP contribution >= 0.6 is 11.3 Å². The van der Waals surface area contributed by atoms with Gasteiger partial charge in [0.15, 0.2) is 9.84 Å². The van der Waals surface area contributed by atoms with Crippen molar-refractivity contribution in [2.75, 3.05) is 16.8 Å². The normalized spacial score (nSPS) is 21.6. The summed E-state index contributed by atoms with van der Waals surface area (Å²) in [5.74, 6) is 0.436. The highest BCUT2D eigenvalue weighted by atomic mass is 32.2. The van der Waals surface area contributed by atoms with Crippen molar-refractivity contribution in [3.05, 3.63) is 34.7 Å². The van der Waals surface area contributed by atoms with Crippen molar-refractivity contribution in [2.24, 2.45) is 0 Å². The summed E-state index contributed by atoms with van der Waals surface area (Å²) in [6.07, 6.45) is 2.11. The van der Waals surface area contributed by atoms with Crippen molar-refractivity contribution < 1.29 is 13.2 Å². The first kappa shape index (κ1) is 15.2. The van der Waals surface area contributed by atoms with E-state index < -0.39 is 9.84 Å². The number of nitrogens with one attached hydrogen (secondary N) is 1. The Kier molecular flexibility index (Phi) is 4.05. The molecule has 0 spiro atoms. The molecule has 1 amide bonds. The number of thiophene rings is 1. The van der Waals surface area contributed by atoms with E-state index in [-0.39, 0.29) is 29.4 Å². The number of nitrogens with zero attached hydrogens (tertiary/aromatic N) is 2. The average molecular weight is 339 g/mol. The Morgan fingerprint density at radius 1 is 1.50 bits per heavy atom. The van der Waals surface area contributed by atoms with Crippen LogP contribution in [0.2, 0.25) is 0 Å². The van der Waals surface area contributed by atoms with Crippen molar-refractivity contribution in [1.82, 2.24) is 9.78 Å². The van der Waals surface area contributed by atoms with E-state index in [2.05, 4.69) is 10.4 Å². The smallest absolute Gasteiger partial charge is 0.233 e. The molecule has 0 unspecified atom stereocenters. The van der Waals surface area contributed by atoms with Gasteiger partial charge in [0.05, 0.1) is 29.7 Å². The zero-order chi connectivity index (χ0) is 15.7. The van der Waals surface area contributed by atoms with E-state index in [0.717, 1.165) is 4.88 Å². The summed E-state index contributed by atoms with van der Waals surface area (Å²) in [5, 5.41) is 8.97. The lowest BCUT2D eigenvalue weighted by Crippen LogP contribution is -2.22. The van der Waals surface area contributed by atoms with E-state index in [4.69, 9.17) is 0 Å². The molecule has 118 valence electrons. The first-order valence-electron chi connectivity index (χ1n) is 7.04. The molecule has 1 fully saturated rings. The predicted octanol–water partition coefficient (Wildman–Crippen LogP) is 2.05. The van der Waals surface area contributed by atoms with E-state index in [0.29, 0.717) is 12.2 Å². The van der Waals surface area contributed by atoms with Crippen molar-refractivity contribution in [3.63, 3.8) is 0 Å². The number of anilines is 1. The molecule has 3 rings (SSSR count). The van der Waals surface area contributed by atoms with Crippen LogP contribution in [0.25, 0.3) is 0 Å². The molecule has 2 aromatic heterocycles. The number of aromatic nitrogens is 2. The largest absolute Gasteiger partial charge is 0.310 e. The van der Waals surface area contributed by atoms with Crippen molar-refractivity contribution in [3.8, 4) is 0 Å². The number of hydrogen-bond donors (Lipinski definition) is 1. The van der Waals surface area contributed by atoms with Gasteiger partial charge in [-0.1, -0.05) is 6.07 Å². The molecule has 0 aromatic carbocycles. The van der Waals surface area contributed by atoms with Crippen LogP contribution in [-0.2, 0) is 14.6 Å². The molecular weight excluding hydrogens is 322 g/mol. The fourth-order valence-electron chi connectivity index (χ4n) is 2.57. The molecule has 0 saturated carbocycles. The van der Waals surface area contributed by atoms with Crippen LogP contribution in [0.3, 0.4) is 0 Å². The molecule has 8 heteroatoms. The lowest BCUT2D eigenvalue weighted by molar-refractivity contribution is -0.117. The van der Waals surface area contributed by atoms with Gasteiger partial charge in [-0.3, -0.25) is 4.79 Å². The van der Waals surface area contributed by atoms with Gasteiger partial charge < -0.3 is 5.32 Å². The lowest BCUT2D eigenvalue weighted by atomic mass is 10.1. The summed E-state index contributed by atoms with van der Waals surface area (Å²) in [6.45, 7) is 1.85. The molecule has 0 radical (unpaired) electrons. The minimum Gasteiger partial charge on any atom is -0.310 e. The highest BCUT2D eigenvalue weighted by molar-refractivity contribution is 7.91. The summed E-state index contributed by atoms with van der Waals surface area (Å²) >= 11 is 1.54. The van der Waals surface area contributed by atoms with Gasteiger partial charge in [0.25, 0.3) is 0 Å². The maximum absolute atomic E-state index is 12.3. The number of amides is 1. The van der Waals surface area contributed by atoms with Gasteiger partial charge in [-0.25, -0.2) is 13.1 Å². The number of carbonyl (C=O) groups is 1. The lowest BCUT2D eigenvalue weighted by Gasteiger charge is -2.15. The minimum absolute atomic E-state index is 0.0814. The van der Waals surface area contributed by atoms with Crippen LogP contribution < -0.4 is 5.32 Å². The second-order valence-electron chi connectivity index (χ2n) is 5.44. The first-order valence-corrected chi connectivity index (χ1v) is 9.74. The van der Waals surface area contributed by atoms with Crippen molar-refractivity contribution >= 4 is 32.9 Å². The Morgan fingerprint density at radius 3 is 2.95 bits per heavy atom. The molecule has 1 aliphatic heterocycles. The van der Waals surface area contributed by atoms with Crippen LogP contribution in [0.5, 0.6) is 0 Å². The van der Waals surface area contributed by atoms with Crippen molar-refractivity contribution in [1.29, 1.82) is 0 Å². The Bertz CT molecular complexity index is 765. The molecule has 1 N–H and O–H groups in total. The molecule has 1 saturated heterocycles. The third-order valence-electron chi connectivity index (χ3n) is 3.84. The molecule has 1 aliphatic rings. The number of hydrogen-bond acceptors (Lipinski definition) is 5. The molecule has 2 aromatic rings. The van der Waals surface area contributed by atoms with Gasteiger partial charge in [-0.05, 0) is 24.8 Å². The number of rotatable bonds is 4. The van der Waals surface area contributed by atoms with E-state index in [9.17, 15) is 13.2 Å². The monoisotopic (exact) mass is 339 g/mol. The molecule has 22 heavy (non-hydrogen) atoms. The zero-order valence-corrected chi connectivity index (χ0v) is 13.7. The van der Waals surface area contributed by atoms with E-state index in [1.165, 1.54) is 11.3 Å². The van der Waals surface area contributed by atoms with Gasteiger partial charge in [0.2, 0.25) is 5.91 Å². The third kappa shape index (κ3) is 3.07. The predicted molar refractivity (Wildman–Crippen MR) is 85.9 cm³/mol. The second kappa shape index (κ2) is 5.85. The summed E-state index contributed by atoms with van der Waals surface area (Å²) in [4.78, 5) is 13.3. The Morgan fingerprint density at radius 2 is 2.32 bits per heavy atom. The number of sulfone groups is 1. The Balaban J connectivity index is 1.74. The standard InChI is InChI=1S/C14H17N3O3S2/c1-10(12-3-2-7-21-12)14(18)16-13-4-6-15-17(13)11-5-8-22(19,20)9-11/h2-4,6-7,10-11H,5,8-9H2,1H3,(H,16,18)/t10-,11+/m0/s1. The maximum Gasteiger partial charge on any atom is 0.233 e. The summed E-state index contributed by atoms with van der Waals surface area (Å²) < 4.78 is 24.8. The zero-order valence-electron chi connectivity index (χ0n) is 12.1. The minimum atomic E-state index is -2.99. The van der Waals surface area contributed by atoms with Gasteiger partial charge in [0.1, 0.15) is 5.82 Å². The SMILES string of the molecule is C[C@H](C(=O)Nc1ccnn1[C@@H]1CCS(=O)(=O)C1)c1cccs1. The van der Waals surface area contributed by atoms with Gasteiger partial charge in [0, 0.05) is 10.9 Å². The van der Waals surface area contributed by atoms with Crippen LogP contribution in [0.15, 0.2) is 29.8 Å². The van der Waals surface area contributed by atoms with Crippen molar-refractivity contribution in [2.45, 2.75) is 25.3 Å². The highest BCUT2D eigenvalue weighted by Crippen LogP contribution is 2.27. The third-order valence-corrected chi connectivity index (χ3v) is 6.64. The summed E-state index contributed by atoms with van der Waals surface area (Å²) in [7, 11) is -2.99. The molecule has 0 aliphatic carbocycles. The maximum atomic E-state index is 12.3. The van der Waals surface area contributed by atoms with Crippen LogP contribution in [0, 0.1) is 0 Å².